The van der Waals surface area contributed by atoms with Crippen LogP contribution >= 0.6 is 23.4 Å². The van der Waals surface area contributed by atoms with E-state index >= 15 is 0 Å². The van der Waals surface area contributed by atoms with Crippen LogP contribution in [0.4, 0.5) is 11.4 Å². The SMILES string of the molecule is CSC1(CNc2ccc(Cl)cc2N)CC1. The van der Waals surface area contributed by atoms with Gasteiger partial charge >= 0.3 is 0 Å². The minimum Gasteiger partial charge on any atom is -0.397 e. The Labute approximate surface area is 99.6 Å². The van der Waals surface area contributed by atoms with Crippen molar-refractivity contribution < 1.29 is 0 Å². The van der Waals surface area contributed by atoms with Gasteiger partial charge in [0.2, 0.25) is 0 Å². The van der Waals surface area contributed by atoms with E-state index in [0.717, 1.165) is 17.9 Å². The van der Waals surface area contributed by atoms with Crippen LogP contribution < -0.4 is 11.1 Å². The maximum Gasteiger partial charge on any atom is 0.0575 e. The van der Waals surface area contributed by atoms with Crippen LogP contribution in [-0.2, 0) is 0 Å². The number of halogens is 1. The Morgan fingerprint density at radius 2 is 2.27 bits per heavy atom. The van der Waals surface area contributed by atoms with Crippen molar-refractivity contribution >= 4 is 34.7 Å². The lowest BCUT2D eigenvalue weighted by atomic mass is 10.2. The lowest BCUT2D eigenvalue weighted by molar-refractivity contribution is 0.950. The van der Waals surface area contributed by atoms with E-state index < -0.39 is 0 Å². The number of benzene rings is 1. The van der Waals surface area contributed by atoms with E-state index in [0.29, 0.717) is 9.77 Å². The zero-order valence-corrected chi connectivity index (χ0v) is 10.3. The number of nitrogens with two attached hydrogens (primary N) is 1. The van der Waals surface area contributed by atoms with Crippen LogP contribution in [0.5, 0.6) is 0 Å². The third kappa shape index (κ3) is 2.52. The minimum atomic E-state index is 0.450. The molecule has 0 bridgehead atoms. The molecule has 0 atom stereocenters. The standard InChI is InChI=1S/C11H15ClN2S/c1-15-11(4-5-11)7-14-10-3-2-8(12)6-9(10)13/h2-3,6,14H,4-5,7,13H2,1H3. The quantitative estimate of drug-likeness (QED) is 0.797. The lowest BCUT2D eigenvalue weighted by Crippen LogP contribution is -2.17. The number of anilines is 2. The van der Waals surface area contributed by atoms with Gasteiger partial charge in [-0.05, 0) is 37.3 Å². The highest BCUT2D eigenvalue weighted by molar-refractivity contribution is 8.00. The molecule has 0 aromatic heterocycles. The first-order valence-electron chi connectivity index (χ1n) is 4.99. The lowest BCUT2D eigenvalue weighted by Gasteiger charge is -2.15. The fraction of sp³-hybridized carbons (Fsp3) is 0.455. The highest BCUT2D eigenvalue weighted by atomic mass is 35.5. The highest BCUT2D eigenvalue weighted by Gasteiger charge is 2.41. The van der Waals surface area contributed by atoms with Crippen molar-refractivity contribution in [2.75, 3.05) is 23.9 Å². The van der Waals surface area contributed by atoms with E-state index in [-0.39, 0.29) is 0 Å². The average molecular weight is 243 g/mol. The molecule has 0 aliphatic heterocycles. The zero-order chi connectivity index (χ0) is 10.9. The molecular formula is C11H15ClN2S. The summed E-state index contributed by atoms with van der Waals surface area (Å²) >= 11 is 7.77. The normalized spacial score (nSPS) is 17.5. The Bertz CT molecular complexity index is 364. The Hall–Kier alpha value is -0.540. The molecule has 2 nitrogen and oxygen atoms in total. The van der Waals surface area contributed by atoms with Crippen LogP contribution in [0.2, 0.25) is 5.02 Å². The molecule has 15 heavy (non-hydrogen) atoms. The van der Waals surface area contributed by atoms with Crippen LogP contribution in [0, 0.1) is 0 Å². The van der Waals surface area contributed by atoms with E-state index in [2.05, 4.69) is 11.6 Å². The van der Waals surface area contributed by atoms with Gasteiger partial charge in [0, 0.05) is 16.3 Å². The van der Waals surface area contributed by atoms with Crippen molar-refractivity contribution in [1.29, 1.82) is 0 Å². The third-order valence-electron chi connectivity index (χ3n) is 2.86. The maximum atomic E-state index is 5.86. The molecule has 3 N–H and O–H groups in total. The minimum absolute atomic E-state index is 0.450. The smallest absolute Gasteiger partial charge is 0.0575 e. The molecule has 4 heteroatoms. The van der Waals surface area contributed by atoms with Gasteiger partial charge in [-0.15, -0.1) is 0 Å². The molecule has 82 valence electrons. The summed E-state index contributed by atoms with van der Waals surface area (Å²) in [4.78, 5) is 0. The molecule has 0 unspecified atom stereocenters. The fourth-order valence-electron chi connectivity index (χ4n) is 1.54. The molecule has 0 spiro atoms. The predicted octanol–water partition coefficient (Wildman–Crippen LogP) is 3.23. The van der Waals surface area contributed by atoms with E-state index in [9.17, 15) is 0 Å². The average Bonchev–Trinajstić information content (AvgIpc) is 2.97. The molecule has 2 rings (SSSR count). The number of nitrogen functional groups attached to an aromatic ring is 1. The second kappa shape index (κ2) is 4.14. The zero-order valence-electron chi connectivity index (χ0n) is 8.72. The molecular weight excluding hydrogens is 228 g/mol. The Morgan fingerprint density at radius 1 is 1.53 bits per heavy atom. The summed E-state index contributed by atoms with van der Waals surface area (Å²) in [6.07, 6.45) is 4.77. The number of thioether (sulfide) groups is 1. The van der Waals surface area contributed by atoms with Crippen molar-refractivity contribution in [2.24, 2.45) is 0 Å². The first-order valence-corrected chi connectivity index (χ1v) is 6.59. The Balaban J connectivity index is 1.99. The van der Waals surface area contributed by atoms with Crippen LogP contribution in [0.1, 0.15) is 12.8 Å². The van der Waals surface area contributed by atoms with Crippen LogP contribution in [-0.4, -0.2) is 17.5 Å². The van der Waals surface area contributed by atoms with Crippen LogP contribution in [0.3, 0.4) is 0 Å². The summed E-state index contributed by atoms with van der Waals surface area (Å²) in [6, 6.07) is 5.58. The van der Waals surface area contributed by atoms with Crippen molar-refractivity contribution in [1.82, 2.24) is 0 Å². The van der Waals surface area contributed by atoms with Gasteiger partial charge in [0.25, 0.3) is 0 Å². The topological polar surface area (TPSA) is 38.0 Å². The molecule has 0 heterocycles. The van der Waals surface area contributed by atoms with Gasteiger partial charge in [0.1, 0.15) is 0 Å². The number of hydrogen-bond donors (Lipinski definition) is 2. The van der Waals surface area contributed by atoms with Crippen molar-refractivity contribution in [3.05, 3.63) is 23.2 Å². The first-order chi connectivity index (χ1) is 7.15. The van der Waals surface area contributed by atoms with Gasteiger partial charge in [0.15, 0.2) is 0 Å². The molecule has 0 saturated heterocycles. The summed E-state index contributed by atoms with van der Waals surface area (Å²) in [5.74, 6) is 0. The Kier molecular flexibility index (Phi) is 3.03. The summed E-state index contributed by atoms with van der Waals surface area (Å²) in [7, 11) is 0. The largest absolute Gasteiger partial charge is 0.397 e. The molecule has 1 aliphatic carbocycles. The second-order valence-corrected chi connectivity index (χ2v) is 5.68. The van der Waals surface area contributed by atoms with Gasteiger partial charge in [-0.2, -0.15) is 11.8 Å². The van der Waals surface area contributed by atoms with Gasteiger partial charge < -0.3 is 11.1 Å². The van der Waals surface area contributed by atoms with Crippen LogP contribution in [0.15, 0.2) is 18.2 Å². The molecule has 1 aliphatic rings. The maximum absolute atomic E-state index is 5.86. The van der Waals surface area contributed by atoms with Crippen molar-refractivity contribution in [3.8, 4) is 0 Å². The number of nitrogens with one attached hydrogen (secondary N) is 1. The van der Waals surface area contributed by atoms with Crippen LogP contribution in [0.25, 0.3) is 0 Å². The van der Waals surface area contributed by atoms with E-state index in [1.165, 1.54) is 12.8 Å². The molecule has 0 amide bonds. The van der Waals surface area contributed by atoms with Crippen molar-refractivity contribution in [3.63, 3.8) is 0 Å². The fourth-order valence-corrected chi connectivity index (χ4v) is 2.45. The summed E-state index contributed by atoms with van der Waals surface area (Å²) in [5.41, 5.74) is 7.57. The van der Waals surface area contributed by atoms with E-state index in [1.807, 2.05) is 23.9 Å². The van der Waals surface area contributed by atoms with Gasteiger partial charge in [0.05, 0.1) is 11.4 Å². The van der Waals surface area contributed by atoms with E-state index in [1.54, 1.807) is 6.07 Å². The molecule has 1 fully saturated rings. The summed E-state index contributed by atoms with van der Waals surface area (Å²) < 4.78 is 0.450. The first kappa shape index (κ1) is 11.0. The highest BCUT2D eigenvalue weighted by Crippen LogP contribution is 2.47. The summed E-state index contributed by atoms with van der Waals surface area (Å²) in [6.45, 7) is 0.986. The third-order valence-corrected chi connectivity index (χ3v) is 4.51. The molecule has 1 aromatic carbocycles. The predicted molar refractivity (Wildman–Crippen MR) is 69.8 cm³/mol. The van der Waals surface area contributed by atoms with Gasteiger partial charge in [-0.1, -0.05) is 11.6 Å². The van der Waals surface area contributed by atoms with Gasteiger partial charge in [-0.25, -0.2) is 0 Å². The van der Waals surface area contributed by atoms with Crippen molar-refractivity contribution in [2.45, 2.75) is 17.6 Å². The molecule has 0 radical (unpaired) electrons. The number of hydrogen-bond acceptors (Lipinski definition) is 3. The second-order valence-electron chi connectivity index (χ2n) is 3.97. The van der Waals surface area contributed by atoms with Gasteiger partial charge in [-0.3, -0.25) is 0 Å². The monoisotopic (exact) mass is 242 g/mol. The summed E-state index contributed by atoms with van der Waals surface area (Å²) in [5, 5.41) is 4.07. The van der Waals surface area contributed by atoms with E-state index in [4.69, 9.17) is 17.3 Å². The molecule has 1 saturated carbocycles. The number of rotatable bonds is 4. The molecule has 1 aromatic rings. The Morgan fingerprint density at radius 3 is 2.80 bits per heavy atom.